The third kappa shape index (κ3) is 0.761. The topological polar surface area (TPSA) is 35.5 Å². The van der Waals surface area contributed by atoms with Gasteiger partial charge < -0.3 is 0 Å². The maximum atomic E-state index is 8.97. The molecule has 0 aromatic heterocycles. The van der Waals surface area contributed by atoms with E-state index in [1.165, 1.54) is 0 Å². The van der Waals surface area contributed by atoms with Crippen molar-refractivity contribution in [3.63, 3.8) is 0 Å². The maximum absolute atomic E-state index is 8.97. The molecule has 52 valence electrons. The van der Waals surface area contributed by atoms with E-state index in [2.05, 4.69) is 5.43 Å². The Bertz CT molecular complexity index is 224. The number of benzene rings is 1. The quantitative estimate of drug-likeness (QED) is 0.562. The highest BCUT2D eigenvalue weighted by molar-refractivity contribution is 5.52. The van der Waals surface area contributed by atoms with Gasteiger partial charge in [0.1, 0.15) is 0 Å². The summed E-state index contributed by atoms with van der Waals surface area (Å²) in [7, 11) is 0. The van der Waals surface area contributed by atoms with Crippen LogP contribution in [0.5, 0.6) is 0 Å². The van der Waals surface area contributed by atoms with Crippen LogP contribution >= 0.6 is 0 Å². The van der Waals surface area contributed by atoms with Crippen LogP contribution in [0.1, 0.15) is 5.56 Å². The molecule has 0 saturated carbocycles. The fraction of sp³-hybridized carbons (Fsp3) is 0.143. The predicted molar refractivity (Wildman–Crippen MR) is 37.4 cm³/mol. The van der Waals surface area contributed by atoms with Crippen LogP contribution < -0.4 is 5.43 Å². The summed E-state index contributed by atoms with van der Waals surface area (Å²) in [5, 5.41) is 10.0. The molecule has 0 radical (unpaired) electrons. The van der Waals surface area contributed by atoms with E-state index in [1.54, 1.807) is 0 Å². The molecule has 1 heterocycles. The Morgan fingerprint density at radius 1 is 1.40 bits per heavy atom. The molecule has 0 unspecified atom stereocenters. The Morgan fingerprint density at radius 2 is 2.20 bits per heavy atom. The summed E-state index contributed by atoms with van der Waals surface area (Å²) in [4.78, 5) is 0. The minimum atomic E-state index is 0.566. The van der Waals surface area contributed by atoms with E-state index in [0.717, 1.165) is 16.4 Å². The highest BCUT2D eigenvalue weighted by Crippen LogP contribution is 2.22. The molecule has 1 aliphatic rings. The van der Waals surface area contributed by atoms with Crippen LogP contribution in [0.4, 0.5) is 5.69 Å². The van der Waals surface area contributed by atoms with Crippen LogP contribution in [-0.2, 0) is 6.54 Å². The molecule has 3 nitrogen and oxygen atoms in total. The van der Waals surface area contributed by atoms with Crippen molar-refractivity contribution < 1.29 is 5.21 Å². The maximum Gasteiger partial charge on any atom is 0.0721 e. The summed E-state index contributed by atoms with van der Waals surface area (Å²) in [5.41, 5.74) is 4.91. The van der Waals surface area contributed by atoms with Crippen molar-refractivity contribution in [3.05, 3.63) is 29.8 Å². The van der Waals surface area contributed by atoms with Crippen molar-refractivity contribution in [1.82, 2.24) is 5.17 Å². The fourth-order valence-electron chi connectivity index (χ4n) is 1.11. The van der Waals surface area contributed by atoms with E-state index in [1.807, 2.05) is 24.3 Å². The first-order valence-electron chi connectivity index (χ1n) is 3.17. The monoisotopic (exact) mass is 136 g/mol. The number of rotatable bonds is 0. The molecule has 0 amide bonds. The lowest BCUT2D eigenvalue weighted by Crippen LogP contribution is -2.17. The number of fused-ring (bicyclic) bond motifs is 1. The Morgan fingerprint density at radius 3 is 3.00 bits per heavy atom. The SMILES string of the molecule is ON1Cc2ccccc2N1. The smallest absolute Gasteiger partial charge is 0.0721 e. The number of hydrogen-bond donors (Lipinski definition) is 2. The van der Waals surface area contributed by atoms with E-state index in [9.17, 15) is 0 Å². The molecule has 0 spiro atoms. The molecule has 0 fully saturated rings. The number of anilines is 1. The third-order valence-electron chi connectivity index (χ3n) is 1.59. The number of para-hydroxylation sites is 1. The first-order chi connectivity index (χ1) is 4.86. The molecular formula is C7H8N2O. The molecule has 0 atom stereocenters. The number of nitrogens with one attached hydrogen (secondary N) is 1. The highest BCUT2D eigenvalue weighted by atomic mass is 16.5. The lowest BCUT2D eigenvalue weighted by atomic mass is 10.2. The summed E-state index contributed by atoms with van der Waals surface area (Å²) >= 11 is 0. The lowest BCUT2D eigenvalue weighted by Gasteiger charge is -2.03. The van der Waals surface area contributed by atoms with Gasteiger partial charge >= 0.3 is 0 Å². The van der Waals surface area contributed by atoms with Gasteiger partial charge in [-0.1, -0.05) is 18.2 Å². The second-order valence-corrected chi connectivity index (χ2v) is 2.33. The van der Waals surface area contributed by atoms with Crippen LogP contribution in [0.2, 0.25) is 0 Å². The summed E-state index contributed by atoms with van der Waals surface area (Å²) < 4.78 is 0. The number of hydrazine groups is 1. The minimum Gasteiger partial charge on any atom is -0.296 e. The Labute approximate surface area is 58.8 Å². The molecule has 3 heteroatoms. The molecule has 2 rings (SSSR count). The van der Waals surface area contributed by atoms with Gasteiger partial charge in [0.05, 0.1) is 12.2 Å². The Kier molecular flexibility index (Phi) is 1.12. The standard InChI is InChI=1S/C7H8N2O/c10-9-5-6-3-1-2-4-7(6)8-9/h1-4,8,10H,5H2. The van der Waals surface area contributed by atoms with E-state index < -0.39 is 0 Å². The first kappa shape index (κ1) is 5.70. The third-order valence-corrected chi connectivity index (χ3v) is 1.59. The van der Waals surface area contributed by atoms with Crippen molar-refractivity contribution in [1.29, 1.82) is 0 Å². The van der Waals surface area contributed by atoms with Crippen molar-refractivity contribution in [2.75, 3.05) is 5.43 Å². The average Bonchev–Trinajstić information content (AvgIpc) is 2.27. The fourth-order valence-corrected chi connectivity index (χ4v) is 1.11. The molecule has 1 aliphatic heterocycles. The highest BCUT2D eigenvalue weighted by Gasteiger charge is 2.13. The summed E-state index contributed by atoms with van der Waals surface area (Å²) in [6, 6.07) is 7.81. The van der Waals surface area contributed by atoms with Gasteiger partial charge in [-0.2, -0.15) is 0 Å². The number of nitrogens with zero attached hydrogens (tertiary/aromatic N) is 1. The van der Waals surface area contributed by atoms with E-state index in [-0.39, 0.29) is 0 Å². The molecule has 0 aliphatic carbocycles. The van der Waals surface area contributed by atoms with Crippen LogP contribution in [0, 0.1) is 0 Å². The Hall–Kier alpha value is -1.06. The van der Waals surface area contributed by atoms with Crippen molar-refractivity contribution in [3.8, 4) is 0 Å². The largest absolute Gasteiger partial charge is 0.296 e. The molecule has 0 bridgehead atoms. The number of hydrogen-bond acceptors (Lipinski definition) is 3. The van der Waals surface area contributed by atoms with Gasteiger partial charge in [0.15, 0.2) is 0 Å². The van der Waals surface area contributed by atoms with Gasteiger partial charge in [-0.3, -0.25) is 10.6 Å². The molecule has 2 N–H and O–H groups in total. The molecule has 1 aromatic carbocycles. The minimum absolute atomic E-state index is 0.566. The lowest BCUT2D eigenvalue weighted by molar-refractivity contribution is -0.0661. The zero-order valence-corrected chi connectivity index (χ0v) is 5.41. The van der Waals surface area contributed by atoms with E-state index >= 15 is 0 Å². The molecular weight excluding hydrogens is 128 g/mol. The van der Waals surface area contributed by atoms with Crippen molar-refractivity contribution in [2.24, 2.45) is 0 Å². The van der Waals surface area contributed by atoms with Gasteiger partial charge in [0.25, 0.3) is 0 Å². The summed E-state index contributed by atoms with van der Waals surface area (Å²) in [6.07, 6.45) is 0. The second kappa shape index (κ2) is 1.97. The van der Waals surface area contributed by atoms with Crippen LogP contribution in [0.15, 0.2) is 24.3 Å². The van der Waals surface area contributed by atoms with Crippen LogP contribution in [0.25, 0.3) is 0 Å². The molecule has 1 aromatic rings. The van der Waals surface area contributed by atoms with Crippen LogP contribution in [0.3, 0.4) is 0 Å². The number of hydroxylamine groups is 1. The molecule has 0 saturated heterocycles. The zero-order chi connectivity index (χ0) is 6.97. The van der Waals surface area contributed by atoms with Crippen molar-refractivity contribution >= 4 is 5.69 Å². The summed E-state index contributed by atoms with van der Waals surface area (Å²) in [5.74, 6) is 0. The van der Waals surface area contributed by atoms with Gasteiger partial charge in [0.2, 0.25) is 0 Å². The summed E-state index contributed by atoms with van der Waals surface area (Å²) in [6.45, 7) is 0.566. The first-order valence-corrected chi connectivity index (χ1v) is 3.17. The Balaban J connectivity index is 2.42. The normalized spacial score (nSPS) is 16.5. The second-order valence-electron chi connectivity index (χ2n) is 2.33. The molecule has 10 heavy (non-hydrogen) atoms. The van der Waals surface area contributed by atoms with Gasteiger partial charge in [0, 0.05) is 0 Å². The van der Waals surface area contributed by atoms with Crippen LogP contribution in [-0.4, -0.2) is 10.4 Å². The van der Waals surface area contributed by atoms with E-state index in [0.29, 0.717) is 6.54 Å². The van der Waals surface area contributed by atoms with Gasteiger partial charge in [-0.25, -0.2) is 0 Å². The van der Waals surface area contributed by atoms with Gasteiger partial charge in [-0.15, -0.1) is 5.17 Å². The zero-order valence-electron chi connectivity index (χ0n) is 5.41. The van der Waals surface area contributed by atoms with Crippen molar-refractivity contribution in [2.45, 2.75) is 6.54 Å². The van der Waals surface area contributed by atoms with Gasteiger partial charge in [-0.05, 0) is 11.6 Å². The average molecular weight is 136 g/mol. The van der Waals surface area contributed by atoms with E-state index in [4.69, 9.17) is 5.21 Å². The predicted octanol–water partition coefficient (Wildman–Crippen LogP) is 1.22.